The van der Waals surface area contributed by atoms with Gasteiger partial charge in [-0.3, -0.25) is 4.21 Å². The van der Waals surface area contributed by atoms with E-state index in [2.05, 4.69) is 288 Å². The summed E-state index contributed by atoms with van der Waals surface area (Å²) in [6.07, 6.45) is 29.0. The number of Topliss-reactive ketones (excluding diaryl/α,β-unsaturated/α-hetero) is 1. The lowest BCUT2D eigenvalue weighted by Crippen LogP contribution is -2.52. The molecule has 0 radical (unpaired) electrons. The largest absolute Gasteiger partial charge is 0.388 e. The van der Waals surface area contributed by atoms with Crippen LogP contribution in [0.1, 0.15) is 220 Å². The smallest absolute Gasteiger partial charge is 0.144 e. The van der Waals surface area contributed by atoms with Gasteiger partial charge < -0.3 is 9.53 Å². The lowest BCUT2D eigenvalue weighted by molar-refractivity contribution is -0.115. The number of hydrogen-bond acceptors (Lipinski definition) is 7. The van der Waals surface area contributed by atoms with Gasteiger partial charge in [-0.25, -0.2) is 8.42 Å². The Morgan fingerprint density at radius 1 is 0.600 bits per heavy atom. The van der Waals surface area contributed by atoms with Gasteiger partial charge in [0.15, 0.2) is 0 Å². The van der Waals surface area contributed by atoms with Crippen molar-refractivity contribution in [2.24, 2.45) is 10.8 Å². The predicted molar refractivity (Wildman–Crippen MR) is 442 cm³/mol. The number of hydrogen-bond donors (Lipinski definition) is 0. The molecule has 5 nitrogen and oxygen atoms in total. The minimum atomic E-state index is -2.67. The Morgan fingerprint density at radius 2 is 0.778 bits per heavy atom. The molecule has 0 unspecified atom stereocenters. The summed E-state index contributed by atoms with van der Waals surface area (Å²) < 4.78 is 33.1. The molecule has 5 rings (SSSR count). The standard InChI is InChI=1S/C15H16.C14H16Si.C8H16.2C5H12.C4H12Si.C4H10.C4H8.C3H6O.C3H6S.C3H8.C2H6O2S.C2H6OS.C2H6O.C2H6S.C2H8Si/c2*1-15(2,13-9-5-3-6-10-13)14-11-7-4-8-12-14;1-8(2)6-4-3-5-7-8;1-5(2,3)4;1-3-5-4-2;1-5(2,3)4;2*1-3-4-2;2*1-3(2)4;1-3-2;1-5(2,3)4;1-4(2)3;3*1-3-2/h2*3-12H,1-2H3;3-7H2,1-2H3;1-4H3;3-5H2,1-2H3;1-4H3;3-4H2,1-2H3;3-4H,1-2H3;2*1-2H3;3H2,1-2H3;1-2H3;1-2H3;2*1-2H3;3H2,1-2H3/b;;;;;;;4-3-;;;;;;;;. The van der Waals surface area contributed by atoms with Crippen LogP contribution < -0.4 is 10.4 Å². The number of methoxy groups -OCH3 is 1. The molecule has 0 atom stereocenters. The van der Waals surface area contributed by atoms with Gasteiger partial charge in [0, 0.05) is 73.1 Å². The maximum Gasteiger partial charge on any atom is 0.144 e. The molecule has 532 valence electrons. The van der Waals surface area contributed by atoms with Crippen molar-refractivity contribution in [3.05, 3.63) is 145 Å². The van der Waals surface area contributed by atoms with Gasteiger partial charge in [0.1, 0.15) is 23.7 Å². The number of ketones is 1. The topological polar surface area (TPSA) is 77.5 Å². The highest BCUT2D eigenvalue weighted by molar-refractivity contribution is 7.97. The number of thiocarbonyl (C=S) groups is 1. The van der Waals surface area contributed by atoms with Gasteiger partial charge in [-0.05, 0) is 93.7 Å². The van der Waals surface area contributed by atoms with Crippen molar-refractivity contribution in [2.45, 2.75) is 267 Å². The number of allylic oxidation sites excluding steroid dienone is 2. The highest BCUT2D eigenvalue weighted by atomic mass is 32.2. The van der Waals surface area contributed by atoms with Crippen LogP contribution in [0.2, 0.25) is 52.4 Å². The molecule has 12 heteroatoms. The van der Waals surface area contributed by atoms with Gasteiger partial charge >= 0.3 is 0 Å². The quantitative estimate of drug-likeness (QED) is 0.104. The second-order valence-electron chi connectivity index (χ2n) is 27.4. The number of carbonyl (C=O) groups excluding carboxylic acids is 1. The number of benzene rings is 4. The third kappa shape index (κ3) is 134. The normalized spacial score (nSPS) is 11.2. The van der Waals surface area contributed by atoms with E-state index in [-0.39, 0.29) is 11.2 Å². The van der Waals surface area contributed by atoms with Crippen LogP contribution in [-0.4, -0.2) is 101 Å². The number of thioether (sulfide) groups is 1. The molecular weight excluding hydrogens is 1230 g/mol. The highest BCUT2D eigenvalue weighted by Gasteiger charge is 2.25. The summed E-state index contributed by atoms with van der Waals surface area (Å²) in [5, 5.41) is 2.99. The van der Waals surface area contributed by atoms with Gasteiger partial charge in [-0.15, -0.1) is 0 Å². The molecule has 0 heterocycles. The van der Waals surface area contributed by atoms with Gasteiger partial charge in [-0.2, -0.15) is 11.8 Å². The third-order valence-electron chi connectivity index (χ3n) is 9.73. The zero-order valence-corrected chi connectivity index (χ0v) is 73.0. The lowest BCUT2D eigenvalue weighted by atomic mass is 9.78. The summed E-state index contributed by atoms with van der Waals surface area (Å²) in [5.41, 5.74) is 3.98. The molecule has 1 saturated carbocycles. The molecule has 0 aromatic heterocycles. The fourth-order valence-corrected chi connectivity index (χ4v) is 8.00. The Kier molecular flexibility index (Phi) is 95.8. The Labute approximate surface area is 583 Å². The number of rotatable bonds is 7. The summed E-state index contributed by atoms with van der Waals surface area (Å²) in [5.74, 6) is 0.167. The van der Waals surface area contributed by atoms with E-state index in [0.29, 0.717) is 20.3 Å². The molecule has 1 aliphatic carbocycles. The monoisotopic (exact) mass is 1380 g/mol. The molecule has 0 amide bonds. The van der Waals surface area contributed by atoms with Crippen molar-refractivity contribution >= 4 is 91.3 Å². The SMILES string of the molecule is C/C=C\C.CC(C)(C)C.CC(C)(c1ccccc1)c1ccccc1.CC(C)=O.CC(C)=S.CC1(C)CCCCC1.CCC.CCCC.CCCCC.COC.CS(C)(=O)=O.CS(C)=O.CSC.C[SiH2]C.C[Si](C)(C)C.C[Si](C)(c1ccccc1)c1ccccc1. The van der Waals surface area contributed by atoms with Crippen LogP contribution in [-0.2, 0) is 35.6 Å². The second-order valence-corrected chi connectivity index (χ2v) is 44.6. The fourth-order valence-electron chi connectivity index (χ4n) is 5.62. The van der Waals surface area contributed by atoms with E-state index in [1.54, 1.807) is 38.5 Å². The van der Waals surface area contributed by atoms with Crippen molar-refractivity contribution < 1.29 is 22.2 Å². The Balaban J connectivity index is -0.0000000859. The zero-order valence-electron chi connectivity index (χ0n) is 66.4. The van der Waals surface area contributed by atoms with Crippen LogP contribution in [0.25, 0.3) is 0 Å². The molecule has 1 aliphatic rings. The molecule has 90 heavy (non-hydrogen) atoms. The number of carbonyl (C=O) groups is 1. The van der Waals surface area contributed by atoms with E-state index in [1.807, 2.05) is 52.4 Å². The molecule has 0 bridgehead atoms. The van der Waals surface area contributed by atoms with Gasteiger partial charge in [0.25, 0.3) is 0 Å². The zero-order chi connectivity index (χ0) is 73.5. The van der Waals surface area contributed by atoms with E-state index >= 15 is 0 Å². The van der Waals surface area contributed by atoms with Gasteiger partial charge in [0.2, 0.25) is 0 Å². The summed E-state index contributed by atoms with van der Waals surface area (Å²) in [4.78, 5) is 10.4. The number of unbranched alkanes of at least 4 members (excludes halogenated alkanes) is 3. The molecule has 4 aromatic carbocycles. The average molecular weight is 1380 g/mol. The average Bonchev–Trinajstić information content (AvgIpc) is 3.42. The third-order valence-corrected chi connectivity index (χ3v) is 13.3. The minimum Gasteiger partial charge on any atom is -0.388 e. The van der Waals surface area contributed by atoms with Crippen molar-refractivity contribution in [1.82, 2.24) is 0 Å². The first kappa shape index (κ1) is 112. The highest BCUT2D eigenvalue weighted by Crippen LogP contribution is 2.34. The second kappa shape index (κ2) is 77.1. The molecule has 0 N–H and O–H groups in total. The van der Waals surface area contributed by atoms with Crippen LogP contribution in [0.3, 0.4) is 0 Å². The summed E-state index contributed by atoms with van der Waals surface area (Å²) in [7, 11) is -1.68. The number of sulfone groups is 1. The van der Waals surface area contributed by atoms with E-state index in [1.165, 1.54) is 106 Å². The van der Waals surface area contributed by atoms with Crippen molar-refractivity contribution in [3.8, 4) is 0 Å². The maximum absolute atomic E-state index is 9.63. The van der Waals surface area contributed by atoms with Crippen molar-refractivity contribution in [3.63, 3.8) is 0 Å². The lowest BCUT2D eigenvalue weighted by Gasteiger charge is -2.28. The maximum atomic E-state index is 9.63. The molecule has 4 aromatic rings. The first-order valence-corrected chi connectivity index (χ1v) is 49.3. The predicted octanol–water partition coefficient (Wildman–Crippen LogP) is 23.6. The van der Waals surface area contributed by atoms with Gasteiger partial charge in [0.05, 0.1) is 0 Å². The molecule has 0 aliphatic heterocycles. The van der Waals surface area contributed by atoms with Crippen molar-refractivity contribution in [1.29, 1.82) is 0 Å². The Bertz CT molecular complexity index is 1910. The van der Waals surface area contributed by atoms with Crippen molar-refractivity contribution in [2.75, 3.05) is 51.8 Å². The Hall–Kier alpha value is -2.56. The fraction of sp³-hybridized carbons (Fsp3) is 0.641. The molecular formula is C78H154O5S4Si3. The molecule has 1 fully saturated rings. The summed E-state index contributed by atoms with van der Waals surface area (Å²) >= 11 is 6.29. The molecule has 0 saturated heterocycles. The first-order chi connectivity index (χ1) is 41.2. The Morgan fingerprint density at radius 3 is 0.900 bits per heavy atom. The summed E-state index contributed by atoms with van der Waals surface area (Å²) in [6, 6.07) is 42.9. The van der Waals surface area contributed by atoms with E-state index < -0.39 is 36.8 Å². The van der Waals surface area contributed by atoms with E-state index in [0.717, 1.165) is 17.4 Å². The first-order valence-electron chi connectivity index (χ1n) is 33.2. The van der Waals surface area contributed by atoms with Crippen LogP contribution in [0.15, 0.2) is 133 Å². The minimum absolute atomic E-state index is 0.0858. The van der Waals surface area contributed by atoms with Gasteiger partial charge in [-0.1, -0.05) is 363 Å². The van der Waals surface area contributed by atoms with Crippen LogP contribution in [0, 0.1) is 10.8 Å². The van der Waals surface area contributed by atoms with Crippen LogP contribution in [0.5, 0.6) is 0 Å². The van der Waals surface area contributed by atoms with E-state index in [9.17, 15) is 17.4 Å². The number of ether oxygens (including phenoxy) is 1. The summed E-state index contributed by atoms with van der Waals surface area (Å²) in [6.45, 7) is 60.6. The van der Waals surface area contributed by atoms with Crippen LogP contribution in [0.4, 0.5) is 0 Å². The van der Waals surface area contributed by atoms with E-state index in [4.69, 9.17) is 0 Å². The molecule has 0 spiro atoms. The van der Waals surface area contributed by atoms with Crippen LogP contribution >= 0.6 is 24.0 Å².